The van der Waals surface area contributed by atoms with E-state index in [9.17, 15) is 4.79 Å². The van der Waals surface area contributed by atoms with E-state index in [1.54, 1.807) is 0 Å². The Morgan fingerprint density at radius 3 is 2.29 bits per heavy atom. The van der Waals surface area contributed by atoms with E-state index in [1.165, 1.54) is 27.8 Å². The van der Waals surface area contributed by atoms with Crippen molar-refractivity contribution in [2.75, 3.05) is 6.54 Å². The van der Waals surface area contributed by atoms with Gasteiger partial charge in [-0.1, -0.05) is 78.4 Å². The molecule has 1 heterocycles. The summed E-state index contributed by atoms with van der Waals surface area (Å²) in [6, 6.07) is 25.8. The first-order valence-electron chi connectivity index (χ1n) is 12.3. The Bertz CT molecular complexity index is 1400. The summed E-state index contributed by atoms with van der Waals surface area (Å²) >= 11 is 5.44. The standard InChI is InChI=1S/C29H28N4OS/c1-18-10-12-19(13-11-18)28-31-32-29(35)33(28)15-14-26(34)30-17-20-16-25-21-6-2-4-8-23(21)27(20)24-9-5-3-7-22(24)25/h2-13,20,25,27H,14-17H2,1H3,(H,30,34)(H,32,35). The van der Waals surface area contributed by atoms with Gasteiger partial charge >= 0.3 is 0 Å². The number of carbonyl (C=O) groups excluding carboxylic acids is 1. The molecule has 1 unspecified atom stereocenters. The van der Waals surface area contributed by atoms with Gasteiger partial charge in [0, 0.05) is 36.9 Å². The highest BCUT2D eigenvalue weighted by atomic mass is 32.1. The molecule has 6 heteroatoms. The average molecular weight is 481 g/mol. The first-order chi connectivity index (χ1) is 17.1. The van der Waals surface area contributed by atoms with Crippen LogP contribution in [0.3, 0.4) is 0 Å². The van der Waals surface area contributed by atoms with Crippen LogP contribution in [0.2, 0.25) is 0 Å². The minimum absolute atomic E-state index is 0.0472. The van der Waals surface area contributed by atoms with E-state index in [2.05, 4.69) is 83.1 Å². The van der Waals surface area contributed by atoms with E-state index in [0.29, 0.717) is 42.0 Å². The van der Waals surface area contributed by atoms with Crippen molar-refractivity contribution in [1.82, 2.24) is 20.1 Å². The number of hydrogen-bond donors (Lipinski definition) is 2. The van der Waals surface area contributed by atoms with Crippen molar-refractivity contribution in [3.8, 4) is 11.4 Å². The summed E-state index contributed by atoms with van der Waals surface area (Å²) in [5.41, 5.74) is 7.94. The van der Waals surface area contributed by atoms with Crippen LogP contribution in [-0.2, 0) is 11.3 Å². The number of aryl methyl sites for hydroxylation is 1. The monoisotopic (exact) mass is 480 g/mol. The summed E-state index contributed by atoms with van der Waals surface area (Å²) in [5.74, 6) is 1.96. The lowest BCUT2D eigenvalue weighted by molar-refractivity contribution is -0.121. The molecule has 3 aliphatic carbocycles. The molecule has 35 heavy (non-hydrogen) atoms. The van der Waals surface area contributed by atoms with E-state index in [0.717, 1.165) is 17.8 Å². The maximum Gasteiger partial charge on any atom is 0.221 e. The van der Waals surface area contributed by atoms with Crippen molar-refractivity contribution >= 4 is 18.1 Å². The predicted octanol–water partition coefficient (Wildman–Crippen LogP) is 5.72. The molecule has 4 aromatic rings. The Labute approximate surface area is 210 Å². The van der Waals surface area contributed by atoms with Gasteiger partial charge in [-0.2, -0.15) is 5.10 Å². The van der Waals surface area contributed by atoms with E-state index < -0.39 is 0 Å². The first-order valence-corrected chi connectivity index (χ1v) is 12.7. The summed E-state index contributed by atoms with van der Waals surface area (Å²) in [7, 11) is 0. The quantitative estimate of drug-likeness (QED) is 0.347. The number of aromatic amines is 1. The van der Waals surface area contributed by atoms with Crippen LogP contribution in [0.4, 0.5) is 0 Å². The van der Waals surface area contributed by atoms with Crippen molar-refractivity contribution < 1.29 is 4.79 Å². The van der Waals surface area contributed by atoms with Gasteiger partial charge < -0.3 is 5.32 Å². The molecular formula is C29H28N4OS. The third kappa shape index (κ3) is 3.92. The zero-order valence-electron chi connectivity index (χ0n) is 19.7. The van der Waals surface area contributed by atoms with Crippen LogP contribution in [0.25, 0.3) is 11.4 Å². The summed E-state index contributed by atoms with van der Waals surface area (Å²) in [6.45, 7) is 3.23. The summed E-state index contributed by atoms with van der Waals surface area (Å²) in [4.78, 5) is 12.9. The fourth-order valence-corrected chi connectivity index (χ4v) is 6.18. The first kappa shape index (κ1) is 22.0. The summed E-state index contributed by atoms with van der Waals surface area (Å²) in [5, 5.41) is 10.5. The van der Waals surface area contributed by atoms with Gasteiger partial charge in [0.2, 0.25) is 5.91 Å². The Morgan fingerprint density at radius 2 is 1.63 bits per heavy atom. The molecule has 1 aromatic heterocycles. The molecule has 7 rings (SSSR count). The molecule has 0 fully saturated rings. The molecule has 0 saturated heterocycles. The highest BCUT2D eigenvalue weighted by Crippen LogP contribution is 2.55. The van der Waals surface area contributed by atoms with Gasteiger partial charge in [-0.05, 0) is 53.7 Å². The van der Waals surface area contributed by atoms with E-state index in [1.807, 2.05) is 16.7 Å². The van der Waals surface area contributed by atoms with Crippen molar-refractivity contribution in [1.29, 1.82) is 0 Å². The lowest BCUT2D eigenvalue weighted by Gasteiger charge is -2.45. The molecule has 3 aromatic carbocycles. The largest absolute Gasteiger partial charge is 0.356 e. The molecular weight excluding hydrogens is 452 g/mol. The maximum absolute atomic E-state index is 12.9. The molecule has 5 nitrogen and oxygen atoms in total. The molecule has 0 aliphatic heterocycles. The number of hydrogen-bond acceptors (Lipinski definition) is 3. The summed E-state index contributed by atoms with van der Waals surface area (Å²) in [6.07, 6.45) is 1.43. The normalized spacial score (nSPS) is 19.7. The van der Waals surface area contributed by atoms with Gasteiger partial charge in [0.1, 0.15) is 0 Å². The Morgan fingerprint density at radius 1 is 1.00 bits per heavy atom. The molecule has 1 atom stereocenters. The second-order valence-corrected chi connectivity index (χ2v) is 10.1. The lowest BCUT2D eigenvalue weighted by atomic mass is 9.59. The molecule has 2 N–H and O–H groups in total. The van der Waals surface area contributed by atoms with E-state index >= 15 is 0 Å². The molecule has 176 valence electrons. The molecule has 0 radical (unpaired) electrons. The second kappa shape index (κ2) is 8.93. The molecule has 3 aliphatic rings. The number of nitrogens with one attached hydrogen (secondary N) is 2. The smallest absolute Gasteiger partial charge is 0.221 e. The molecule has 0 spiro atoms. The van der Waals surface area contributed by atoms with E-state index in [-0.39, 0.29) is 5.91 Å². The maximum atomic E-state index is 12.9. The number of nitrogens with zero attached hydrogens (tertiary/aromatic N) is 2. The highest BCUT2D eigenvalue weighted by Gasteiger charge is 2.42. The summed E-state index contributed by atoms with van der Waals surface area (Å²) < 4.78 is 2.44. The fraction of sp³-hybridized carbons (Fsp3) is 0.276. The Kier molecular flexibility index (Phi) is 5.61. The number of fused-ring (bicyclic) bond motifs is 1. The lowest BCUT2D eigenvalue weighted by Crippen LogP contribution is -2.39. The number of aromatic nitrogens is 3. The zero-order valence-corrected chi connectivity index (χ0v) is 20.5. The van der Waals surface area contributed by atoms with Gasteiger partial charge in [-0.3, -0.25) is 14.5 Å². The topological polar surface area (TPSA) is 62.7 Å². The molecule has 2 bridgehead atoms. The highest BCUT2D eigenvalue weighted by molar-refractivity contribution is 7.71. The van der Waals surface area contributed by atoms with Crippen molar-refractivity contribution in [3.63, 3.8) is 0 Å². The molecule has 1 amide bonds. The average Bonchev–Trinajstić information content (AvgIpc) is 3.26. The van der Waals surface area contributed by atoms with Gasteiger partial charge in [-0.25, -0.2) is 0 Å². The van der Waals surface area contributed by atoms with Gasteiger partial charge in [0.25, 0.3) is 0 Å². The third-order valence-corrected chi connectivity index (χ3v) is 7.93. The van der Waals surface area contributed by atoms with E-state index in [4.69, 9.17) is 12.2 Å². The van der Waals surface area contributed by atoms with Crippen LogP contribution in [0.5, 0.6) is 0 Å². The zero-order chi connectivity index (χ0) is 23.9. The Balaban J connectivity index is 1.14. The van der Waals surface area contributed by atoms with Crippen LogP contribution < -0.4 is 5.32 Å². The van der Waals surface area contributed by atoms with Crippen molar-refractivity contribution in [3.05, 3.63) is 105 Å². The van der Waals surface area contributed by atoms with Crippen molar-refractivity contribution in [2.24, 2.45) is 5.92 Å². The van der Waals surface area contributed by atoms with Crippen LogP contribution >= 0.6 is 12.2 Å². The van der Waals surface area contributed by atoms with Crippen LogP contribution in [0.1, 0.15) is 52.5 Å². The van der Waals surface area contributed by atoms with Gasteiger partial charge in [0.05, 0.1) is 0 Å². The Hall–Kier alpha value is -3.51. The number of H-pyrrole nitrogens is 1. The van der Waals surface area contributed by atoms with Crippen molar-refractivity contribution in [2.45, 2.75) is 38.1 Å². The van der Waals surface area contributed by atoms with Crippen LogP contribution in [0, 0.1) is 17.6 Å². The SMILES string of the molecule is Cc1ccc(-c2n[nH]c(=S)n2CCC(=O)NCC2CC3c4ccccc4C2c2ccccc23)cc1. The number of amides is 1. The number of carbonyl (C=O) groups is 1. The fourth-order valence-electron chi connectivity index (χ4n) is 5.95. The minimum atomic E-state index is 0.0472. The second-order valence-electron chi connectivity index (χ2n) is 9.71. The van der Waals surface area contributed by atoms with Gasteiger partial charge in [-0.15, -0.1) is 0 Å². The molecule has 0 saturated carbocycles. The predicted molar refractivity (Wildman–Crippen MR) is 140 cm³/mol. The minimum Gasteiger partial charge on any atom is -0.356 e. The number of rotatable bonds is 6. The van der Waals surface area contributed by atoms with Gasteiger partial charge in [0.15, 0.2) is 10.6 Å². The third-order valence-electron chi connectivity index (χ3n) is 7.61. The number of benzene rings is 3. The van der Waals surface area contributed by atoms with Crippen LogP contribution in [0.15, 0.2) is 72.8 Å². The van der Waals surface area contributed by atoms with Crippen LogP contribution in [-0.4, -0.2) is 27.2 Å².